The first kappa shape index (κ1) is 15.8. The molecule has 0 fully saturated rings. The number of hydrogen-bond acceptors (Lipinski definition) is 4. The second-order valence-electron chi connectivity index (χ2n) is 5.00. The number of halogens is 1. The fourth-order valence-corrected chi connectivity index (χ4v) is 3.28. The molecule has 0 unspecified atom stereocenters. The van der Waals surface area contributed by atoms with Gasteiger partial charge in [-0.3, -0.25) is 4.79 Å². The van der Waals surface area contributed by atoms with Crippen molar-refractivity contribution in [1.29, 1.82) is 0 Å². The van der Waals surface area contributed by atoms with Gasteiger partial charge in [-0.1, -0.05) is 17.7 Å². The maximum absolute atomic E-state index is 11.3. The summed E-state index contributed by atoms with van der Waals surface area (Å²) in [6.07, 6.45) is 1.77. The summed E-state index contributed by atoms with van der Waals surface area (Å²) in [5.41, 5.74) is 5.16. The second-order valence-corrected chi connectivity index (χ2v) is 6.70. The average molecular weight is 324 g/mol. The number of aryl methyl sites for hydroxylation is 2. The number of nitrogens with one attached hydrogen (secondary N) is 2. The monoisotopic (exact) mass is 323 g/mol. The Morgan fingerprint density at radius 2 is 1.95 bits per heavy atom. The minimum atomic E-state index is -0.0646. The Hall–Kier alpha value is -1.59. The van der Waals surface area contributed by atoms with Gasteiger partial charge in [0.1, 0.15) is 0 Å². The molecule has 4 nitrogen and oxygen atoms in total. The van der Waals surface area contributed by atoms with Crippen molar-refractivity contribution < 1.29 is 4.79 Å². The van der Waals surface area contributed by atoms with Crippen molar-refractivity contribution >= 4 is 40.2 Å². The van der Waals surface area contributed by atoms with E-state index in [1.807, 2.05) is 13.8 Å². The Morgan fingerprint density at radius 3 is 2.52 bits per heavy atom. The molecule has 0 bridgehead atoms. The van der Waals surface area contributed by atoms with Crippen LogP contribution < -0.4 is 10.6 Å². The summed E-state index contributed by atoms with van der Waals surface area (Å²) in [6.45, 7) is 8.24. The lowest BCUT2D eigenvalue weighted by Crippen LogP contribution is -2.11. The topological polar surface area (TPSA) is 54.0 Å². The van der Waals surface area contributed by atoms with Gasteiger partial charge in [-0.2, -0.15) is 0 Å². The SMILES string of the molecule is CC(=O)Nc1c(C)cc(C)c(NCc2cnc(Cl)s2)c1C. The van der Waals surface area contributed by atoms with Crippen molar-refractivity contribution in [3.63, 3.8) is 0 Å². The van der Waals surface area contributed by atoms with Crippen LogP contribution in [0.5, 0.6) is 0 Å². The first-order valence-electron chi connectivity index (χ1n) is 6.61. The van der Waals surface area contributed by atoms with Gasteiger partial charge < -0.3 is 10.6 Å². The van der Waals surface area contributed by atoms with Gasteiger partial charge in [0.15, 0.2) is 4.47 Å². The van der Waals surface area contributed by atoms with Gasteiger partial charge in [-0.25, -0.2) is 4.98 Å². The highest BCUT2D eigenvalue weighted by Crippen LogP contribution is 2.31. The van der Waals surface area contributed by atoms with E-state index < -0.39 is 0 Å². The van der Waals surface area contributed by atoms with Gasteiger partial charge >= 0.3 is 0 Å². The average Bonchev–Trinajstić information content (AvgIpc) is 2.80. The molecule has 6 heteroatoms. The summed E-state index contributed by atoms with van der Waals surface area (Å²) in [5, 5.41) is 6.31. The van der Waals surface area contributed by atoms with Gasteiger partial charge in [0.25, 0.3) is 0 Å². The van der Waals surface area contributed by atoms with E-state index in [1.54, 1.807) is 6.20 Å². The molecule has 0 aliphatic heterocycles. The Bertz CT molecular complexity index is 682. The number of hydrogen-bond donors (Lipinski definition) is 2. The zero-order valence-electron chi connectivity index (χ0n) is 12.5. The molecule has 0 spiro atoms. The number of aromatic nitrogens is 1. The summed E-state index contributed by atoms with van der Waals surface area (Å²) in [6, 6.07) is 2.07. The minimum absolute atomic E-state index is 0.0646. The van der Waals surface area contributed by atoms with E-state index in [9.17, 15) is 4.79 Å². The first-order valence-corrected chi connectivity index (χ1v) is 7.80. The fraction of sp³-hybridized carbons (Fsp3) is 0.333. The van der Waals surface area contributed by atoms with E-state index >= 15 is 0 Å². The van der Waals surface area contributed by atoms with Crippen molar-refractivity contribution in [3.05, 3.63) is 38.3 Å². The molecule has 2 N–H and O–H groups in total. The third kappa shape index (κ3) is 3.74. The molecule has 1 aromatic carbocycles. The smallest absolute Gasteiger partial charge is 0.221 e. The van der Waals surface area contributed by atoms with Gasteiger partial charge in [-0.05, 0) is 37.5 Å². The molecule has 1 heterocycles. The highest BCUT2D eigenvalue weighted by atomic mass is 35.5. The van der Waals surface area contributed by atoms with Crippen LogP contribution in [0.1, 0.15) is 28.5 Å². The first-order chi connectivity index (χ1) is 9.88. The number of amides is 1. The summed E-state index contributed by atoms with van der Waals surface area (Å²) < 4.78 is 0.545. The van der Waals surface area contributed by atoms with Crippen LogP contribution in [0.2, 0.25) is 4.47 Å². The van der Waals surface area contributed by atoms with Gasteiger partial charge in [0.2, 0.25) is 5.91 Å². The Labute approximate surface area is 133 Å². The number of carbonyl (C=O) groups excluding carboxylic acids is 1. The van der Waals surface area contributed by atoms with Crippen LogP contribution in [-0.2, 0) is 11.3 Å². The number of rotatable bonds is 4. The normalized spacial score (nSPS) is 10.5. The van der Waals surface area contributed by atoms with Crippen LogP contribution in [0.15, 0.2) is 12.3 Å². The lowest BCUT2D eigenvalue weighted by molar-refractivity contribution is -0.114. The van der Waals surface area contributed by atoms with Crippen molar-refractivity contribution in [3.8, 4) is 0 Å². The molecule has 112 valence electrons. The molecule has 0 aliphatic carbocycles. The maximum Gasteiger partial charge on any atom is 0.221 e. The number of thiazole rings is 1. The number of nitrogens with zero attached hydrogens (tertiary/aromatic N) is 1. The number of anilines is 2. The molecule has 1 aromatic heterocycles. The fourth-order valence-electron chi connectivity index (χ4n) is 2.37. The van der Waals surface area contributed by atoms with Gasteiger partial charge in [-0.15, -0.1) is 11.3 Å². The van der Waals surface area contributed by atoms with E-state index in [4.69, 9.17) is 11.6 Å². The molecular formula is C15H18ClN3OS. The minimum Gasteiger partial charge on any atom is -0.380 e. The molecule has 0 aliphatic rings. The Kier molecular flexibility index (Phi) is 4.85. The third-order valence-corrected chi connectivity index (χ3v) is 4.35. The summed E-state index contributed by atoms with van der Waals surface area (Å²) in [5.74, 6) is -0.0646. The van der Waals surface area contributed by atoms with E-state index in [0.717, 1.165) is 32.9 Å². The molecule has 1 amide bonds. The highest BCUT2D eigenvalue weighted by Gasteiger charge is 2.12. The Morgan fingerprint density at radius 1 is 1.29 bits per heavy atom. The molecule has 0 saturated carbocycles. The van der Waals surface area contributed by atoms with Crippen LogP contribution in [0, 0.1) is 20.8 Å². The van der Waals surface area contributed by atoms with Crippen molar-refractivity contribution in [2.45, 2.75) is 34.2 Å². The standard InChI is InChI=1S/C15H18ClN3OS/c1-8-5-9(2)14(19-11(4)20)10(3)13(8)17-6-12-7-18-15(16)21-12/h5,7,17H,6H2,1-4H3,(H,19,20). The lowest BCUT2D eigenvalue weighted by atomic mass is 10.0. The molecule has 0 radical (unpaired) electrons. The zero-order chi connectivity index (χ0) is 15.6. The van der Waals surface area contributed by atoms with Crippen LogP contribution in [-0.4, -0.2) is 10.9 Å². The summed E-state index contributed by atoms with van der Waals surface area (Å²) in [7, 11) is 0. The van der Waals surface area contributed by atoms with Crippen molar-refractivity contribution in [2.75, 3.05) is 10.6 Å². The van der Waals surface area contributed by atoms with Crippen LogP contribution >= 0.6 is 22.9 Å². The predicted molar refractivity (Wildman–Crippen MR) is 89.4 cm³/mol. The second kappa shape index (κ2) is 6.45. The molecule has 2 aromatic rings. The van der Waals surface area contributed by atoms with Crippen molar-refractivity contribution in [2.24, 2.45) is 0 Å². The quantitative estimate of drug-likeness (QED) is 0.882. The number of benzene rings is 1. The maximum atomic E-state index is 11.3. The largest absolute Gasteiger partial charge is 0.380 e. The third-order valence-electron chi connectivity index (χ3n) is 3.24. The molecule has 2 rings (SSSR count). The van der Waals surface area contributed by atoms with Crippen LogP contribution in [0.4, 0.5) is 11.4 Å². The van der Waals surface area contributed by atoms with E-state index in [1.165, 1.54) is 18.3 Å². The van der Waals surface area contributed by atoms with Crippen LogP contribution in [0.3, 0.4) is 0 Å². The van der Waals surface area contributed by atoms with E-state index in [-0.39, 0.29) is 5.91 Å². The van der Waals surface area contributed by atoms with Gasteiger partial charge in [0, 0.05) is 29.4 Å². The highest BCUT2D eigenvalue weighted by molar-refractivity contribution is 7.15. The molecular weight excluding hydrogens is 306 g/mol. The predicted octanol–water partition coefficient (Wildman–Crippen LogP) is 4.29. The molecule has 21 heavy (non-hydrogen) atoms. The lowest BCUT2D eigenvalue weighted by Gasteiger charge is -2.18. The molecule has 0 atom stereocenters. The zero-order valence-corrected chi connectivity index (χ0v) is 14.1. The van der Waals surface area contributed by atoms with E-state index in [2.05, 4.69) is 28.6 Å². The molecule has 0 saturated heterocycles. The Balaban J connectivity index is 2.27. The van der Waals surface area contributed by atoms with Gasteiger partial charge in [0.05, 0.1) is 6.54 Å². The van der Waals surface area contributed by atoms with Crippen molar-refractivity contribution in [1.82, 2.24) is 4.98 Å². The summed E-state index contributed by atoms with van der Waals surface area (Å²) in [4.78, 5) is 16.4. The summed E-state index contributed by atoms with van der Waals surface area (Å²) >= 11 is 7.30. The van der Waals surface area contributed by atoms with E-state index in [0.29, 0.717) is 11.0 Å². The number of carbonyl (C=O) groups is 1. The van der Waals surface area contributed by atoms with Crippen LogP contribution in [0.25, 0.3) is 0 Å².